The van der Waals surface area contributed by atoms with Crippen LogP contribution >= 0.6 is 0 Å². The molecule has 0 amide bonds. The lowest BCUT2D eigenvalue weighted by atomic mass is 9.93. The van der Waals surface area contributed by atoms with E-state index < -0.39 is 108 Å². The Morgan fingerprint density at radius 2 is 0.486 bits per heavy atom. The molecule has 382 valence electrons. The van der Waals surface area contributed by atoms with Gasteiger partial charge in [0.2, 0.25) is 0 Å². The van der Waals surface area contributed by atoms with E-state index in [9.17, 15) is 77.8 Å². The summed E-state index contributed by atoms with van der Waals surface area (Å²) in [6, 6.07) is 20.1. The summed E-state index contributed by atoms with van der Waals surface area (Å²) in [4.78, 5) is 6.04. The lowest BCUT2D eigenvalue weighted by molar-refractivity contribution is 0.385. The fraction of sp³-hybridized carbons (Fsp3) is 0. The molecule has 32 heteroatoms. The van der Waals surface area contributed by atoms with E-state index in [1.54, 1.807) is 0 Å². The fourth-order valence-electron chi connectivity index (χ4n) is 9.48. The molecule has 11 aromatic rings. The third-order valence-electron chi connectivity index (χ3n) is 11.7. The summed E-state index contributed by atoms with van der Waals surface area (Å²) in [6.07, 6.45) is 0. The number of aromatic nitrogens is 2. The molecule has 0 saturated heterocycles. The zero-order chi connectivity index (χ0) is 53.0. The Kier molecular flexibility index (Phi) is 10.5. The van der Waals surface area contributed by atoms with E-state index in [0.717, 1.165) is 24.3 Å². The summed E-state index contributed by atoms with van der Waals surface area (Å²) in [5.74, 6) is -4.08. The maximum Gasteiger partial charge on any atom is 0.446 e. The number of fused-ring (bicyclic) bond motifs is 15. The van der Waals surface area contributed by atoms with Crippen molar-refractivity contribution in [3.8, 4) is 34.5 Å². The number of nitrogens with one attached hydrogen (secondary N) is 2. The molecule has 11 rings (SSSR count). The Hall–Kier alpha value is -7.60. The third-order valence-corrected chi connectivity index (χ3v) is 14.0. The van der Waals surface area contributed by atoms with Gasteiger partial charge in [0.05, 0.1) is 21.8 Å². The molecular formula is C42H24N2O24S6. The molecule has 8 N–H and O–H groups in total. The van der Waals surface area contributed by atoms with E-state index in [2.05, 4.69) is 9.97 Å². The molecule has 2 heterocycles. The van der Waals surface area contributed by atoms with Crippen molar-refractivity contribution in [2.24, 2.45) is 0 Å². The first-order valence-electron chi connectivity index (χ1n) is 20.1. The number of benzene rings is 9. The quantitative estimate of drug-likeness (QED) is 0.0452. The van der Waals surface area contributed by atoms with E-state index in [1.807, 2.05) is 0 Å². The minimum atomic E-state index is -5.56. The first-order valence-corrected chi connectivity index (χ1v) is 28.3. The van der Waals surface area contributed by atoms with Gasteiger partial charge in [-0.25, -0.2) is 0 Å². The molecule has 0 spiro atoms. The van der Waals surface area contributed by atoms with Crippen LogP contribution in [0.1, 0.15) is 0 Å². The van der Waals surface area contributed by atoms with Crippen LogP contribution < -0.4 is 25.1 Å². The first kappa shape index (κ1) is 48.7. The zero-order valence-electron chi connectivity index (χ0n) is 35.7. The molecule has 0 bridgehead atoms. The largest absolute Gasteiger partial charge is 0.446 e. The van der Waals surface area contributed by atoms with Crippen molar-refractivity contribution in [1.29, 1.82) is 0 Å². The minimum absolute atomic E-state index is 0.0831. The molecule has 2 aromatic heterocycles. The second-order valence-corrected chi connectivity index (χ2v) is 22.2. The number of hydrogen-bond acceptors (Lipinski definition) is 18. The van der Waals surface area contributed by atoms with Crippen LogP contribution in [0.4, 0.5) is 0 Å². The van der Waals surface area contributed by atoms with Crippen molar-refractivity contribution >= 4 is 171 Å². The number of hydrogen-bond donors (Lipinski definition) is 8. The SMILES string of the molecule is O=S(=O)(O)Oc1c2ccccc2c(OS(=O)(=O)O)c2cc3c(cc12)[nH]c1c2c(OS(=O)(=O)O)c4ccccc4c(OS(=O)(=O)O)c2c2[nH]c4cc5c(OS(=O)(=O)O)c6ccccc6c(OS(=O)(=O)O)c5cc4c2c31. The van der Waals surface area contributed by atoms with Gasteiger partial charge in [0, 0.05) is 86.4 Å². The maximum atomic E-state index is 12.8. The van der Waals surface area contributed by atoms with Gasteiger partial charge in [-0.05, 0) is 24.3 Å². The van der Waals surface area contributed by atoms with Crippen molar-refractivity contribution in [2.75, 3.05) is 0 Å². The van der Waals surface area contributed by atoms with E-state index in [4.69, 9.17) is 25.1 Å². The summed E-state index contributed by atoms with van der Waals surface area (Å²) in [7, 11) is -32.8. The molecule has 0 unspecified atom stereocenters. The monoisotopic (exact) mass is 1130 g/mol. The number of rotatable bonds is 12. The molecule has 0 aliphatic carbocycles. The Morgan fingerprint density at radius 1 is 0.270 bits per heavy atom. The smallest absolute Gasteiger partial charge is 0.360 e. The van der Waals surface area contributed by atoms with Gasteiger partial charge in [-0.2, -0.15) is 50.5 Å². The van der Waals surface area contributed by atoms with Gasteiger partial charge in [0.1, 0.15) is 0 Å². The molecule has 0 fully saturated rings. The highest BCUT2D eigenvalue weighted by atomic mass is 32.3. The van der Waals surface area contributed by atoms with Gasteiger partial charge in [-0.15, -0.1) is 0 Å². The third kappa shape index (κ3) is 8.41. The maximum absolute atomic E-state index is 12.8. The summed E-state index contributed by atoms with van der Waals surface area (Å²) < 4.78 is 243. The van der Waals surface area contributed by atoms with Crippen molar-refractivity contribution < 1.29 is 103 Å². The highest BCUT2D eigenvalue weighted by molar-refractivity contribution is 7.82. The second-order valence-electron chi connectivity index (χ2n) is 16.1. The second kappa shape index (κ2) is 16.0. The van der Waals surface area contributed by atoms with Crippen LogP contribution in [-0.2, 0) is 62.4 Å². The predicted octanol–water partition coefficient (Wildman–Crippen LogP) is 6.96. The van der Waals surface area contributed by atoms with E-state index in [0.29, 0.717) is 0 Å². The van der Waals surface area contributed by atoms with Gasteiger partial charge in [0.25, 0.3) is 0 Å². The first-order chi connectivity index (χ1) is 34.4. The fourth-order valence-corrected chi connectivity index (χ4v) is 11.8. The van der Waals surface area contributed by atoms with Gasteiger partial charge < -0.3 is 35.1 Å². The molecule has 74 heavy (non-hydrogen) atoms. The lowest BCUT2D eigenvalue weighted by Gasteiger charge is -2.17. The highest BCUT2D eigenvalue weighted by Crippen LogP contribution is 2.55. The van der Waals surface area contributed by atoms with Crippen molar-refractivity contribution in [2.45, 2.75) is 0 Å². The highest BCUT2D eigenvalue weighted by Gasteiger charge is 2.32. The van der Waals surface area contributed by atoms with Crippen LogP contribution in [0, 0.1) is 0 Å². The van der Waals surface area contributed by atoms with Crippen LogP contribution in [0.3, 0.4) is 0 Å². The van der Waals surface area contributed by atoms with E-state index in [-0.39, 0.29) is 97.5 Å². The van der Waals surface area contributed by atoms with Gasteiger partial charge in [0.15, 0.2) is 34.5 Å². The molecule has 0 radical (unpaired) electrons. The van der Waals surface area contributed by atoms with Crippen LogP contribution in [0.5, 0.6) is 34.5 Å². The van der Waals surface area contributed by atoms with Crippen LogP contribution in [0.25, 0.3) is 108 Å². The molecular weight excluding hydrogens is 1110 g/mol. The lowest BCUT2D eigenvalue weighted by Crippen LogP contribution is -2.10. The summed E-state index contributed by atoms with van der Waals surface area (Å²) in [5.41, 5.74) is -0.854. The number of aromatic amines is 2. The van der Waals surface area contributed by atoms with Crippen LogP contribution in [0.15, 0.2) is 97.1 Å². The summed E-state index contributed by atoms with van der Waals surface area (Å²) in [5, 5.41) is -4.32. The molecule has 0 atom stereocenters. The van der Waals surface area contributed by atoms with Gasteiger partial charge >= 0.3 is 62.4 Å². The Morgan fingerprint density at radius 3 is 0.730 bits per heavy atom. The van der Waals surface area contributed by atoms with E-state index in [1.165, 1.54) is 72.8 Å². The van der Waals surface area contributed by atoms with Gasteiger partial charge in [-0.1, -0.05) is 72.8 Å². The van der Waals surface area contributed by atoms with Crippen LogP contribution in [-0.4, -0.2) is 87.8 Å². The van der Waals surface area contributed by atoms with Crippen molar-refractivity contribution in [1.82, 2.24) is 9.97 Å². The molecule has 0 saturated carbocycles. The van der Waals surface area contributed by atoms with E-state index >= 15 is 0 Å². The standard InChI is InChI=1S/C42H24N2O24S6/c45-69(46,47)63-37-17-7-1-3-9-19(17)39(65-71(51,52)53)25-15-29-27(13-23(25)37)31-32-28-14-24-26(40(66-72(54,55)56)20-10-4-2-8-18(20)38(24)64-70(48,49)50)16-30(28)44-36(32)34-33(35(31)43-29)41(67-73(57,58)59)21-11-5-6-12-22(21)42(34)68-74(60,61)62/h1-16,43-44H,(H,45,46,47)(H,48,49,50)(H,51,52,53)(H,54,55,56)(H,57,58,59)(H,60,61,62). The Bertz CT molecular complexity index is 4810. The Balaban J connectivity index is 1.48. The van der Waals surface area contributed by atoms with Crippen molar-refractivity contribution in [3.63, 3.8) is 0 Å². The van der Waals surface area contributed by atoms with Gasteiger partial charge in [-0.3, -0.25) is 27.3 Å². The summed E-state index contributed by atoms with van der Waals surface area (Å²) in [6.45, 7) is 0. The van der Waals surface area contributed by atoms with Crippen molar-refractivity contribution in [3.05, 3.63) is 97.1 Å². The molecule has 26 nitrogen and oxygen atoms in total. The van der Waals surface area contributed by atoms with Crippen LogP contribution in [0.2, 0.25) is 0 Å². The topological polar surface area (TPSA) is 413 Å². The molecule has 0 aliphatic rings. The summed E-state index contributed by atoms with van der Waals surface area (Å²) >= 11 is 0. The molecule has 9 aromatic carbocycles. The average molecular weight is 1130 g/mol. The Labute approximate surface area is 412 Å². The minimum Gasteiger partial charge on any atom is -0.360 e. The number of H-pyrrole nitrogens is 2. The average Bonchev–Trinajstić information content (AvgIpc) is 3.83. The predicted molar refractivity (Wildman–Crippen MR) is 263 cm³/mol. The zero-order valence-corrected chi connectivity index (χ0v) is 40.6. The molecule has 0 aliphatic heterocycles. The normalized spacial score (nSPS) is 13.4.